The Kier molecular flexibility index (Phi) is 7.60. The Morgan fingerprint density at radius 3 is 2.21 bits per heavy atom. The second kappa shape index (κ2) is 9.73. The Morgan fingerprint density at radius 2 is 1.62 bits per heavy atom. The van der Waals surface area contributed by atoms with Crippen LogP contribution >= 0.6 is 0 Å². The average molecular weight is 395 g/mol. The van der Waals surface area contributed by atoms with Crippen molar-refractivity contribution in [2.24, 2.45) is 0 Å². The van der Waals surface area contributed by atoms with E-state index in [9.17, 15) is 9.59 Å². The molecule has 2 amide bonds. The number of hydrogen-bond acceptors (Lipinski definition) is 2. The molecule has 0 unspecified atom stereocenters. The van der Waals surface area contributed by atoms with E-state index in [4.69, 9.17) is 0 Å². The van der Waals surface area contributed by atoms with Crippen LogP contribution in [-0.2, 0) is 22.4 Å². The Balaban J connectivity index is 2.18. The largest absolute Gasteiger partial charge is 0.350 e. The summed E-state index contributed by atoms with van der Waals surface area (Å²) in [5.74, 6) is -0.153. The molecule has 1 atom stereocenters. The zero-order chi connectivity index (χ0) is 21.6. The summed E-state index contributed by atoms with van der Waals surface area (Å²) in [6.07, 6.45) is 1.01. The van der Waals surface area contributed by atoms with Gasteiger partial charge in [0.1, 0.15) is 6.04 Å². The highest BCUT2D eigenvalue weighted by Gasteiger charge is 2.28. The van der Waals surface area contributed by atoms with Gasteiger partial charge in [-0.15, -0.1) is 0 Å². The van der Waals surface area contributed by atoms with Crippen molar-refractivity contribution in [1.82, 2.24) is 10.2 Å². The maximum atomic E-state index is 13.2. The van der Waals surface area contributed by atoms with E-state index < -0.39 is 6.04 Å². The van der Waals surface area contributed by atoms with Gasteiger partial charge in [0.05, 0.1) is 6.42 Å². The van der Waals surface area contributed by atoms with Crippen LogP contribution in [0.1, 0.15) is 49.9 Å². The number of carbonyl (C=O) groups excluding carboxylic acids is 2. The summed E-state index contributed by atoms with van der Waals surface area (Å²) < 4.78 is 0. The molecule has 4 heteroatoms. The van der Waals surface area contributed by atoms with Crippen molar-refractivity contribution < 1.29 is 9.59 Å². The molecule has 4 nitrogen and oxygen atoms in total. The van der Waals surface area contributed by atoms with E-state index in [0.717, 1.165) is 11.1 Å². The van der Waals surface area contributed by atoms with Crippen LogP contribution in [0.2, 0.25) is 0 Å². The molecular formula is C25H34N2O2. The maximum Gasteiger partial charge on any atom is 0.242 e. The van der Waals surface area contributed by atoms with E-state index in [0.29, 0.717) is 19.4 Å². The second-order valence-corrected chi connectivity index (χ2v) is 8.83. The van der Waals surface area contributed by atoms with Crippen LogP contribution in [0, 0.1) is 13.8 Å². The maximum absolute atomic E-state index is 13.2. The molecule has 0 aliphatic carbocycles. The van der Waals surface area contributed by atoms with Gasteiger partial charge in [0.25, 0.3) is 0 Å². The highest BCUT2D eigenvalue weighted by molar-refractivity contribution is 5.88. The molecule has 0 aliphatic heterocycles. The lowest BCUT2D eigenvalue weighted by atomic mass is 10.0. The molecule has 29 heavy (non-hydrogen) atoms. The van der Waals surface area contributed by atoms with Crippen molar-refractivity contribution in [1.29, 1.82) is 0 Å². The topological polar surface area (TPSA) is 49.4 Å². The normalized spacial score (nSPS) is 12.3. The van der Waals surface area contributed by atoms with Crippen molar-refractivity contribution in [2.75, 3.05) is 6.54 Å². The molecule has 0 heterocycles. The quantitative estimate of drug-likeness (QED) is 0.764. The third-order valence-electron chi connectivity index (χ3n) is 5.08. The van der Waals surface area contributed by atoms with Crippen molar-refractivity contribution >= 4 is 11.8 Å². The van der Waals surface area contributed by atoms with Crippen LogP contribution in [0.4, 0.5) is 0 Å². The van der Waals surface area contributed by atoms with Gasteiger partial charge in [-0.3, -0.25) is 9.59 Å². The van der Waals surface area contributed by atoms with Gasteiger partial charge in [-0.2, -0.15) is 0 Å². The Bertz CT molecular complexity index is 838. The minimum absolute atomic E-state index is 0.0271. The number of benzene rings is 2. The molecule has 0 radical (unpaired) electrons. The lowest BCUT2D eigenvalue weighted by Gasteiger charge is -2.31. The highest BCUT2D eigenvalue weighted by Crippen LogP contribution is 2.14. The number of carbonyl (C=O) groups is 2. The van der Waals surface area contributed by atoms with E-state index in [1.165, 1.54) is 11.1 Å². The Hall–Kier alpha value is -2.62. The summed E-state index contributed by atoms with van der Waals surface area (Å²) in [6.45, 7) is 12.3. The molecule has 2 aromatic carbocycles. The summed E-state index contributed by atoms with van der Waals surface area (Å²) >= 11 is 0. The summed E-state index contributed by atoms with van der Waals surface area (Å²) in [6, 6.07) is 15.6. The van der Waals surface area contributed by atoms with Gasteiger partial charge in [0.15, 0.2) is 0 Å². The molecule has 156 valence electrons. The van der Waals surface area contributed by atoms with Crippen LogP contribution < -0.4 is 5.32 Å². The summed E-state index contributed by atoms with van der Waals surface area (Å²) in [4.78, 5) is 27.7. The van der Waals surface area contributed by atoms with Gasteiger partial charge in [0, 0.05) is 12.1 Å². The summed E-state index contributed by atoms with van der Waals surface area (Å²) in [5.41, 5.74) is 4.17. The van der Waals surface area contributed by atoms with Crippen LogP contribution in [0.3, 0.4) is 0 Å². The van der Waals surface area contributed by atoms with Gasteiger partial charge in [-0.25, -0.2) is 0 Å². The molecule has 2 rings (SSSR count). The third kappa shape index (κ3) is 7.04. The first-order chi connectivity index (χ1) is 13.6. The monoisotopic (exact) mass is 394 g/mol. The molecule has 0 fully saturated rings. The van der Waals surface area contributed by atoms with E-state index in [-0.39, 0.29) is 17.4 Å². The Morgan fingerprint density at radius 1 is 0.966 bits per heavy atom. The summed E-state index contributed by atoms with van der Waals surface area (Å²) in [5, 5.41) is 3.00. The van der Waals surface area contributed by atoms with Gasteiger partial charge >= 0.3 is 0 Å². The zero-order valence-electron chi connectivity index (χ0n) is 18.6. The molecule has 2 aromatic rings. The van der Waals surface area contributed by atoms with E-state index in [2.05, 4.69) is 25.2 Å². The van der Waals surface area contributed by atoms with Gasteiger partial charge in [-0.05, 0) is 70.2 Å². The predicted molar refractivity (Wildman–Crippen MR) is 119 cm³/mol. The highest BCUT2D eigenvalue weighted by atomic mass is 16.2. The van der Waals surface area contributed by atoms with Gasteiger partial charge < -0.3 is 10.2 Å². The van der Waals surface area contributed by atoms with Crippen LogP contribution in [-0.4, -0.2) is 34.8 Å². The third-order valence-corrected chi connectivity index (χ3v) is 5.08. The van der Waals surface area contributed by atoms with Crippen molar-refractivity contribution in [3.8, 4) is 0 Å². The van der Waals surface area contributed by atoms with E-state index in [1.807, 2.05) is 70.2 Å². The minimum Gasteiger partial charge on any atom is -0.350 e. The lowest BCUT2D eigenvalue weighted by molar-refractivity contribution is -0.140. The predicted octanol–water partition coefficient (Wildman–Crippen LogP) is 4.22. The SMILES string of the molecule is Cc1ccc(CC(=O)N(CCc2ccccc2)[C@@H](C)C(=O)NC(C)(C)C)cc1C. The van der Waals surface area contributed by atoms with E-state index in [1.54, 1.807) is 4.90 Å². The standard InChI is InChI=1S/C25H34N2O2/c1-18-12-13-22(16-19(18)2)17-23(28)27(15-14-21-10-8-7-9-11-21)20(3)24(29)26-25(4,5)6/h7-13,16,20H,14-15,17H2,1-6H3,(H,26,29)/t20-/m0/s1. The fraction of sp³-hybridized carbons (Fsp3) is 0.440. The van der Waals surface area contributed by atoms with Crippen LogP contribution in [0.15, 0.2) is 48.5 Å². The zero-order valence-corrected chi connectivity index (χ0v) is 18.6. The molecule has 0 bridgehead atoms. The van der Waals surface area contributed by atoms with E-state index >= 15 is 0 Å². The Labute approximate surface area is 175 Å². The lowest BCUT2D eigenvalue weighted by Crippen LogP contribution is -2.53. The minimum atomic E-state index is -0.531. The smallest absolute Gasteiger partial charge is 0.242 e. The number of nitrogens with one attached hydrogen (secondary N) is 1. The van der Waals surface area contributed by atoms with Crippen LogP contribution in [0.25, 0.3) is 0 Å². The van der Waals surface area contributed by atoms with Gasteiger partial charge in [-0.1, -0.05) is 48.5 Å². The first kappa shape index (κ1) is 22.7. The molecule has 0 saturated heterocycles. The molecule has 0 aliphatic rings. The number of nitrogens with zero attached hydrogens (tertiary/aromatic N) is 1. The molecule has 0 aromatic heterocycles. The second-order valence-electron chi connectivity index (χ2n) is 8.83. The summed E-state index contributed by atoms with van der Waals surface area (Å²) in [7, 11) is 0. The first-order valence-corrected chi connectivity index (χ1v) is 10.3. The number of aryl methyl sites for hydroxylation is 2. The van der Waals surface area contributed by atoms with Crippen LogP contribution in [0.5, 0.6) is 0 Å². The fourth-order valence-corrected chi connectivity index (χ4v) is 3.23. The van der Waals surface area contributed by atoms with Gasteiger partial charge in [0.2, 0.25) is 11.8 Å². The molecular weight excluding hydrogens is 360 g/mol. The molecule has 0 spiro atoms. The fourth-order valence-electron chi connectivity index (χ4n) is 3.23. The average Bonchev–Trinajstić information content (AvgIpc) is 2.64. The first-order valence-electron chi connectivity index (χ1n) is 10.3. The van der Waals surface area contributed by atoms with Crippen molar-refractivity contribution in [3.05, 3.63) is 70.8 Å². The van der Waals surface area contributed by atoms with Crippen molar-refractivity contribution in [3.63, 3.8) is 0 Å². The van der Waals surface area contributed by atoms with Crippen molar-refractivity contribution in [2.45, 2.75) is 66.0 Å². The molecule has 1 N–H and O–H groups in total. The number of hydrogen-bond donors (Lipinski definition) is 1. The molecule has 0 saturated carbocycles. The number of amides is 2. The number of rotatable bonds is 7.